The Hall–Kier alpha value is -3.46. The Bertz CT molecular complexity index is 1250. The van der Waals surface area contributed by atoms with Crippen molar-refractivity contribution in [3.63, 3.8) is 0 Å². The van der Waals surface area contributed by atoms with Crippen molar-refractivity contribution in [2.45, 2.75) is 19.4 Å². The predicted molar refractivity (Wildman–Crippen MR) is 124 cm³/mol. The number of nitrogens with one attached hydrogen (secondary N) is 1. The third kappa shape index (κ3) is 4.29. The van der Waals surface area contributed by atoms with Crippen molar-refractivity contribution in [1.82, 2.24) is 20.1 Å². The van der Waals surface area contributed by atoms with Crippen molar-refractivity contribution >= 4 is 32.6 Å². The molecule has 1 fully saturated rings. The molecule has 1 unspecified atom stereocenters. The number of para-hydroxylation sites is 1. The fraction of sp³-hybridized carbons (Fsp3) is 0.304. The monoisotopic (exact) mass is 449 g/mol. The van der Waals surface area contributed by atoms with Crippen LogP contribution < -0.4 is 15.8 Å². The third-order valence-corrected chi connectivity index (χ3v) is 6.71. The topological polar surface area (TPSA) is 93.3 Å². The molecule has 1 aliphatic rings. The number of carbonyl (C=O) groups excluding carboxylic acids is 1. The molecule has 0 aliphatic carbocycles. The first-order valence-electron chi connectivity index (χ1n) is 10.7. The minimum atomic E-state index is -0.214. The minimum absolute atomic E-state index is 0.00560. The number of hydrogen-bond donors (Lipinski definition) is 1. The molecule has 5 rings (SSSR count). The van der Waals surface area contributed by atoms with Crippen LogP contribution in [0.4, 0.5) is 5.13 Å². The smallest absolute Gasteiger partial charge is 0.266 e. The molecule has 0 radical (unpaired) electrons. The summed E-state index contributed by atoms with van der Waals surface area (Å²) in [6.07, 6.45) is 3.36. The number of furan rings is 1. The van der Waals surface area contributed by atoms with Gasteiger partial charge in [-0.25, -0.2) is 9.67 Å². The molecule has 9 heteroatoms. The van der Waals surface area contributed by atoms with Crippen LogP contribution in [-0.4, -0.2) is 40.3 Å². The summed E-state index contributed by atoms with van der Waals surface area (Å²) >= 11 is 1.66. The number of amides is 1. The largest absolute Gasteiger partial charge is 0.463 e. The van der Waals surface area contributed by atoms with E-state index in [1.807, 2.05) is 18.2 Å². The second-order valence-electron chi connectivity index (χ2n) is 7.80. The fourth-order valence-electron chi connectivity index (χ4n) is 3.95. The van der Waals surface area contributed by atoms with E-state index < -0.39 is 0 Å². The van der Waals surface area contributed by atoms with Crippen molar-refractivity contribution < 1.29 is 9.21 Å². The van der Waals surface area contributed by atoms with Gasteiger partial charge in [-0.1, -0.05) is 23.5 Å². The molecule has 1 saturated heterocycles. The van der Waals surface area contributed by atoms with Crippen molar-refractivity contribution in [2.24, 2.45) is 5.92 Å². The molecule has 0 spiro atoms. The highest BCUT2D eigenvalue weighted by Gasteiger charge is 2.27. The van der Waals surface area contributed by atoms with Gasteiger partial charge in [-0.15, -0.1) is 0 Å². The van der Waals surface area contributed by atoms with Crippen LogP contribution in [0.1, 0.15) is 12.8 Å². The molecule has 1 atom stereocenters. The molecule has 1 aromatic carbocycles. The second kappa shape index (κ2) is 8.96. The van der Waals surface area contributed by atoms with Gasteiger partial charge in [-0.05, 0) is 43.2 Å². The summed E-state index contributed by atoms with van der Waals surface area (Å²) < 4.78 is 7.86. The van der Waals surface area contributed by atoms with Crippen LogP contribution in [0.5, 0.6) is 0 Å². The van der Waals surface area contributed by atoms with E-state index in [9.17, 15) is 9.59 Å². The Balaban J connectivity index is 1.19. The lowest BCUT2D eigenvalue weighted by Crippen LogP contribution is -2.44. The van der Waals surface area contributed by atoms with Gasteiger partial charge in [0, 0.05) is 25.7 Å². The van der Waals surface area contributed by atoms with Crippen LogP contribution in [0, 0.1) is 5.92 Å². The van der Waals surface area contributed by atoms with Gasteiger partial charge >= 0.3 is 0 Å². The predicted octanol–water partition coefficient (Wildman–Crippen LogP) is 3.15. The first-order chi connectivity index (χ1) is 15.7. The van der Waals surface area contributed by atoms with Crippen LogP contribution in [0.3, 0.4) is 0 Å². The van der Waals surface area contributed by atoms with Gasteiger partial charge in [0.15, 0.2) is 10.9 Å². The zero-order valence-electron chi connectivity index (χ0n) is 17.4. The lowest BCUT2D eigenvalue weighted by molar-refractivity contribution is -0.125. The molecular formula is C23H23N5O3S. The molecule has 4 heterocycles. The average molecular weight is 450 g/mol. The highest BCUT2D eigenvalue weighted by atomic mass is 32.1. The molecular weight excluding hydrogens is 426 g/mol. The van der Waals surface area contributed by atoms with Crippen molar-refractivity contribution in [1.29, 1.82) is 0 Å². The number of aromatic nitrogens is 3. The van der Waals surface area contributed by atoms with Crippen LogP contribution >= 0.6 is 11.3 Å². The number of hydrogen-bond acceptors (Lipinski definition) is 7. The van der Waals surface area contributed by atoms with Crippen molar-refractivity contribution in [2.75, 3.05) is 24.5 Å². The molecule has 1 aliphatic heterocycles. The molecule has 1 N–H and O–H groups in total. The summed E-state index contributed by atoms with van der Waals surface area (Å²) in [6.45, 7) is 2.19. The highest BCUT2D eigenvalue weighted by molar-refractivity contribution is 7.22. The SMILES string of the molecule is O=C(NCCn1nc(-c2ccco2)ccc1=O)C1CCCN(c2nc3ccccc3s2)C1. The lowest BCUT2D eigenvalue weighted by atomic mass is 9.97. The van der Waals surface area contributed by atoms with E-state index >= 15 is 0 Å². The van der Waals surface area contributed by atoms with Crippen molar-refractivity contribution in [3.8, 4) is 11.5 Å². The van der Waals surface area contributed by atoms with Gasteiger partial charge in [-0.3, -0.25) is 9.59 Å². The molecule has 1 amide bonds. The van der Waals surface area contributed by atoms with E-state index in [1.54, 1.807) is 35.8 Å². The van der Waals surface area contributed by atoms with Crippen molar-refractivity contribution in [3.05, 3.63) is 65.1 Å². The molecule has 3 aromatic heterocycles. The van der Waals surface area contributed by atoms with Crippen LogP contribution in [-0.2, 0) is 11.3 Å². The van der Waals surface area contributed by atoms with E-state index in [0.29, 0.717) is 31.1 Å². The number of fused-ring (bicyclic) bond motifs is 1. The Morgan fingerprint density at radius 2 is 2.09 bits per heavy atom. The molecule has 4 aromatic rings. The average Bonchev–Trinajstić information content (AvgIpc) is 3.50. The van der Waals surface area contributed by atoms with E-state index in [1.165, 1.54) is 10.7 Å². The number of rotatable bonds is 6. The normalized spacial score (nSPS) is 16.4. The summed E-state index contributed by atoms with van der Waals surface area (Å²) in [4.78, 5) is 31.9. The Labute approximate surface area is 188 Å². The van der Waals surface area contributed by atoms with Gasteiger partial charge in [0.05, 0.1) is 28.9 Å². The van der Waals surface area contributed by atoms with Gasteiger partial charge in [0.1, 0.15) is 5.69 Å². The highest BCUT2D eigenvalue weighted by Crippen LogP contribution is 2.31. The molecule has 32 heavy (non-hydrogen) atoms. The van der Waals surface area contributed by atoms with Gasteiger partial charge in [-0.2, -0.15) is 5.10 Å². The number of piperidine rings is 1. The number of nitrogens with zero attached hydrogens (tertiary/aromatic N) is 4. The number of benzene rings is 1. The second-order valence-corrected chi connectivity index (χ2v) is 8.81. The Kier molecular flexibility index (Phi) is 5.72. The summed E-state index contributed by atoms with van der Waals surface area (Å²) in [5, 5.41) is 8.28. The molecule has 164 valence electrons. The summed E-state index contributed by atoms with van der Waals surface area (Å²) in [6, 6.07) is 14.7. The fourth-order valence-corrected chi connectivity index (χ4v) is 4.95. The molecule has 8 nitrogen and oxygen atoms in total. The Morgan fingerprint density at radius 1 is 1.19 bits per heavy atom. The number of carbonyl (C=O) groups is 1. The van der Waals surface area contributed by atoms with Crippen LogP contribution in [0.25, 0.3) is 21.7 Å². The van der Waals surface area contributed by atoms with Crippen LogP contribution in [0.15, 0.2) is 64.0 Å². The summed E-state index contributed by atoms with van der Waals surface area (Å²) in [5.74, 6) is 0.501. The van der Waals surface area contributed by atoms with Gasteiger partial charge in [0.2, 0.25) is 5.91 Å². The standard InChI is InChI=1S/C23H23N5O3S/c29-21-10-9-17(19-7-4-14-31-19)26-28(21)13-11-24-22(30)16-5-3-12-27(15-16)23-25-18-6-1-2-8-20(18)32-23/h1-2,4,6-10,14,16H,3,5,11-13,15H2,(H,24,30). The molecule has 0 bridgehead atoms. The van der Waals surface area contributed by atoms with Gasteiger partial charge in [0.25, 0.3) is 5.56 Å². The minimum Gasteiger partial charge on any atom is -0.463 e. The van der Waals surface area contributed by atoms with Gasteiger partial charge < -0.3 is 14.6 Å². The van der Waals surface area contributed by atoms with E-state index in [4.69, 9.17) is 9.40 Å². The first kappa shape index (κ1) is 20.4. The molecule has 0 saturated carbocycles. The lowest BCUT2D eigenvalue weighted by Gasteiger charge is -2.31. The van der Waals surface area contributed by atoms with Crippen LogP contribution in [0.2, 0.25) is 0 Å². The number of thiazole rings is 1. The van der Waals surface area contributed by atoms with E-state index in [-0.39, 0.29) is 17.4 Å². The maximum absolute atomic E-state index is 12.8. The number of anilines is 1. The quantitative estimate of drug-likeness (QED) is 0.486. The van der Waals surface area contributed by atoms with E-state index in [2.05, 4.69) is 21.4 Å². The maximum Gasteiger partial charge on any atom is 0.266 e. The first-order valence-corrected chi connectivity index (χ1v) is 11.5. The zero-order chi connectivity index (χ0) is 21.9. The summed E-state index contributed by atoms with van der Waals surface area (Å²) in [5.41, 5.74) is 1.36. The van der Waals surface area contributed by atoms with E-state index in [0.717, 1.165) is 34.7 Å². The Morgan fingerprint density at radius 3 is 2.94 bits per heavy atom. The summed E-state index contributed by atoms with van der Waals surface area (Å²) in [7, 11) is 0. The third-order valence-electron chi connectivity index (χ3n) is 5.61. The zero-order valence-corrected chi connectivity index (χ0v) is 18.3. The maximum atomic E-state index is 12.8.